The van der Waals surface area contributed by atoms with Crippen molar-refractivity contribution in [3.05, 3.63) is 42.5 Å². The van der Waals surface area contributed by atoms with Crippen LogP contribution in [0.1, 0.15) is 0 Å². The predicted octanol–water partition coefficient (Wildman–Crippen LogP) is 0.563. The molecule has 25 heavy (non-hydrogen) atoms. The van der Waals surface area contributed by atoms with Crippen molar-refractivity contribution in [1.29, 1.82) is 0 Å². The molecule has 2 aliphatic rings. The van der Waals surface area contributed by atoms with E-state index in [1.54, 1.807) is 24.3 Å². The topological polar surface area (TPSA) is 84.9 Å². The molecule has 2 aliphatic heterocycles. The molecule has 3 rings (SSSR count). The van der Waals surface area contributed by atoms with Gasteiger partial charge in [0.1, 0.15) is 17.2 Å². The van der Waals surface area contributed by atoms with E-state index in [2.05, 4.69) is 11.9 Å². The molecule has 0 spiro atoms. The minimum absolute atomic E-state index is 0.182. The number of carbonyl (C=O) groups excluding carboxylic acids is 3. The lowest BCUT2D eigenvalue weighted by Gasteiger charge is -2.52. The number of hydrogen-bond donors (Lipinski definition) is 1. The van der Waals surface area contributed by atoms with Gasteiger partial charge < -0.3 is 19.7 Å². The molecule has 0 radical (unpaired) electrons. The maximum atomic E-state index is 12.4. The number of para-hydroxylation sites is 1. The van der Waals surface area contributed by atoms with Crippen LogP contribution in [0.5, 0.6) is 5.75 Å². The van der Waals surface area contributed by atoms with E-state index < -0.39 is 18.1 Å². The zero-order valence-electron chi connectivity index (χ0n) is 13.6. The number of methoxy groups -OCH3 is 1. The largest absolute Gasteiger partial charge is 0.484 e. The van der Waals surface area contributed by atoms with E-state index in [-0.39, 0.29) is 23.8 Å². The Bertz CT molecular complexity index is 700. The van der Waals surface area contributed by atoms with Crippen LogP contribution in [0, 0.1) is 0 Å². The van der Waals surface area contributed by atoms with Gasteiger partial charge in [0.25, 0.3) is 5.91 Å². The van der Waals surface area contributed by atoms with Crippen molar-refractivity contribution in [2.24, 2.45) is 0 Å². The van der Waals surface area contributed by atoms with Gasteiger partial charge in [0.05, 0.1) is 7.11 Å². The lowest BCUT2D eigenvalue weighted by molar-refractivity contribution is -0.162. The van der Waals surface area contributed by atoms with Crippen LogP contribution in [0.25, 0.3) is 0 Å². The van der Waals surface area contributed by atoms with Crippen molar-refractivity contribution in [2.45, 2.75) is 17.5 Å². The molecule has 7 nitrogen and oxygen atoms in total. The first kappa shape index (κ1) is 17.3. The van der Waals surface area contributed by atoms with Crippen LogP contribution in [0.2, 0.25) is 0 Å². The molecule has 3 atom stereocenters. The fraction of sp³-hybridized carbons (Fsp3) is 0.353. The van der Waals surface area contributed by atoms with E-state index in [9.17, 15) is 14.4 Å². The highest BCUT2D eigenvalue weighted by atomic mass is 32.2. The first-order chi connectivity index (χ1) is 12.0. The minimum atomic E-state index is -0.780. The minimum Gasteiger partial charge on any atom is -0.484 e. The molecule has 2 heterocycles. The van der Waals surface area contributed by atoms with Crippen molar-refractivity contribution in [3.8, 4) is 5.75 Å². The molecule has 1 aromatic rings. The number of benzene rings is 1. The lowest BCUT2D eigenvalue weighted by atomic mass is 9.98. The third kappa shape index (κ3) is 3.34. The summed E-state index contributed by atoms with van der Waals surface area (Å²) in [4.78, 5) is 37.8. The Hall–Kier alpha value is -2.48. The maximum Gasteiger partial charge on any atom is 0.332 e. The SMILES string of the molecule is C=C1CS[C@@H]2[C@H](NC(=O)COc3ccccc3)C(=O)N2[C@H]1C(=O)OC. The Morgan fingerprint density at radius 1 is 1.36 bits per heavy atom. The molecule has 2 amide bonds. The molecule has 0 saturated carbocycles. The smallest absolute Gasteiger partial charge is 0.332 e. The van der Waals surface area contributed by atoms with Gasteiger partial charge >= 0.3 is 5.97 Å². The second-order valence-corrected chi connectivity index (χ2v) is 6.78. The number of amides is 2. The molecular formula is C17H18N2O5S. The highest BCUT2D eigenvalue weighted by molar-refractivity contribution is 8.00. The fourth-order valence-corrected chi connectivity index (χ4v) is 4.12. The van der Waals surface area contributed by atoms with E-state index >= 15 is 0 Å². The van der Waals surface area contributed by atoms with E-state index in [1.807, 2.05) is 6.07 Å². The molecule has 2 fully saturated rings. The summed E-state index contributed by atoms with van der Waals surface area (Å²) in [6, 6.07) is 7.49. The molecule has 0 bridgehead atoms. The van der Waals surface area contributed by atoms with Crippen LogP contribution in [0.4, 0.5) is 0 Å². The summed E-state index contributed by atoms with van der Waals surface area (Å²) in [5.74, 6) is -0.112. The summed E-state index contributed by atoms with van der Waals surface area (Å²) < 4.78 is 10.1. The molecule has 2 saturated heterocycles. The molecule has 132 valence electrons. The van der Waals surface area contributed by atoms with Crippen LogP contribution in [0.3, 0.4) is 0 Å². The monoisotopic (exact) mass is 362 g/mol. The second-order valence-electron chi connectivity index (χ2n) is 5.68. The first-order valence-corrected chi connectivity index (χ1v) is 8.74. The third-order valence-corrected chi connectivity index (χ3v) is 5.42. The Labute approximate surface area is 149 Å². The van der Waals surface area contributed by atoms with Crippen molar-refractivity contribution in [3.63, 3.8) is 0 Å². The average Bonchev–Trinajstić information content (AvgIpc) is 2.64. The van der Waals surface area contributed by atoms with Crippen molar-refractivity contribution < 1.29 is 23.9 Å². The Morgan fingerprint density at radius 2 is 2.08 bits per heavy atom. The van der Waals surface area contributed by atoms with Crippen molar-refractivity contribution in [1.82, 2.24) is 10.2 Å². The number of hydrogen-bond acceptors (Lipinski definition) is 6. The normalized spacial score (nSPS) is 24.8. The molecule has 0 aliphatic carbocycles. The Morgan fingerprint density at radius 3 is 2.76 bits per heavy atom. The van der Waals surface area contributed by atoms with Crippen molar-refractivity contribution in [2.75, 3.05) is 19.5 Å². The van der Waals surface area contributed by atoms with Crippen LogP contribution in [-0.4, -0.2) is 59.6 Å². The van der Waals surface area contributed by atoms with E-state index in [0.717, 1.165) is 0 Å². The van der Waals surface area contributed by atoms with Gasteiger partial charge in [-0.1, -0.05) is 24.8 Å². The molecule has 1 N–H and O–H groups in total. The Balaban J connectivity index is 1.58. The second kappa shape index (κ2) is 7.18. The van der Waals surface area contributed by atoms with Gasteiger partial charge in [0.15, 0.2) is 12.6 Å². The number of esters is 1. The number of β-lactam (4-membered cyclic amide) rings is 1. The van der Waals surface area contributed by atoms with Crippen LogP contribution < -0.4 is 10.1 Å². The van der Waals surface area contributed by atoms with E-state index in [4.69, 9.17) is 9.47 Å². The quantitative estimate of drug-likeness (QED) is 0.468. The summed E-state index contributed by atoms with van der Waals surface area (Å²) in [7, 11) is 1.27. The van der Waals surface area contributed by atoms with Gasteiger partial charge in [0.2, 0.25) is 5.91 Å². The number of ether oxygens (including phenoxy) is 2. The summed E-state index contributed by atoms with van der Waals surface area (Å²) in [6.45, 7) is 3.66. The number of nitrogens with one attached hydrogen (secondary N) is 1. The van der Waals surface area contributed by atoms with Crippen LogP contribution in [0.15, 0.2) is 42.5 Å². The molecular weight excluding hydrogens is 344 g/mol. The van der Waals surface area contributed by atoms with Gasteiger partial charge in [0, 0.05) is 5.75 Å². The Kier molecular flexibility index (Phi) is 4.98. The number of rotatable bonds is 5. The van der Waals surface area contributed by atoms with Crippen LogP contribution in [-0.2, 0) is 19.1 Å². The third-order valence-electron chi connectivity index (χ3n) is 4.04. The summed E-state index contributed by atoms with van der Waals surface area (Å²) in [5.41, 5.74) is 0.624. The van der Waals surface area contributed by atoms with Gasteiger partial charge in [-0.3, -0.25) is 9.59 Å². The summed E-state index contributed by atoms with van der Waals surface area (Å²) in [6.07, 6.45) is 0. The zero-order chi connectivity index (χ0) is 18.0. The molecule has 0 aromatic heterocycles. The summed E-state index contributed by atoms with van der Waals surface area (Å²) >= 11 is 1.46. The molecule has 0 unspecified atom stereocenters. The number of thioether (sulfide) groups is 1. The zero-order valence-corrected chi connectivity index (χ0v) is 14.5. The predicted molar refractivity (Wildman–Crippen MR) is 91.9 cm³/mol. The lowest BCUT2D eigenvalue weighted by Crippen LogP contribution is -2.74. The van der Waals surface area contributed by atoms with Gasteiger partial charge in [-0.05, 0) is 17.7 Å². The number of carbonyl (C=O) groups is 3. The standard InChI is InChI=1S/C17H18N2O5S/c1-10-9-25-16-13(15(21)19(16)14(10)17(22)23-2)18-12(20)8-24-11-6-4-3-5-7-11/h3-7,13-14,16H,1,8-9H2,2H3,(H,18,20)/t13-,14-,16-/m1/s1. The molecule has 1 aromatic carbocycles. The van der Waals surface area contributed by atoms with Gasteiger partial charge in [-0.2, -0.15) is 0 Å². The number of fused-ring (bicyclic) bond motifs is 1. The average molecular weight is 362 g/mol. The fourth-order valence-electron chi connectivity index (χ4n) is 2.81. The highest BCUT2D eigenvalue weighted by Crippen LogP contribution is 2.40. The van der Waals surface area contributed by atoms with Gasteiger partial charge in [-0.25, -0.2) is 4.79 Å². The van der Waals surface area contributed by atoms with E-state index in [0.29, 0.717) is 17.1 Å². The maximum absolute atomic E-state index is 12.4. The van der Waals surface area contributed by atoms with E-state index in [1.165, 1.54) is 23.8 Å². The number of nitrogens with zero attached hydrogens (tertiary/aromatic N) is 1. The highest BCUT2D eigenvalue weighted by Gasteiger charge is 2.56. The van der Waals surface area contributed by atoms with Crippen molar-refractivity contribution >= 4 is 29.5 Å². The van der Waals surface area contributed by atoms with Gasteiger partial charge in [-0.15, -0.1) is 11.8 Å². The first-order valence-electron chi connectivity index (χ1n) is 7.69. The summed E-state index contributed by atoms with van der Waals surface area (Å²) in [5, 5.41) is 2.37. The molecule has 8 heteroatoms. The van der Waals surface area contributed by atoms with Crippen LogP contribution >= 0.6 is 11.8 Å².